The molecular formula is C10H16O. The van der Waals surface area contributed by atoms with Gasteiger partial charge in [0.05, 0.1) is 5.76 Å². The average Bonchev–Trinajstić information content (AvgIpc) is 2.03. The van der Waals surface area contributed by atoms with Crippen LogP contribution in [-0.2, 0) is 0 Å². The summed E-state index contributed by atoms with van der Waals surface area (Å²) in [6.45, 7) is 0. The van der Waals surface area contributed by atoms with Crippen molar-refractivity contribution in [2.75, 3.05) is 0 Å². The lowest BCUT2D eigenvalue weighted by atomic mass is 10.1. The standard InChI is InChI=1S/C10H16O/c11-10-8-6-4-2-1-3-5-7-9-10/h1-2,9,11H,3-8H2/b2-1+,10-9+. The summed E-state index contributed by atoms with van der Waals surface area (Å²) in [7, 11) is 0. The molecule has 0 aromatic heterocycles. The fourth-order valence-corrected chi connectivity index (χ4v) is 1.24. The molecule has 0 radical (unpaired) electrons. The van der Waals surface area contributed by atoms with Crippen LogP contribution < -0.4 is 0 Å². The third-order valence-electron chi connectivity index (χ3n) is 1.93. The molecular weight excluding hydrogens is 136 g/mol. The quantitative estimate of drug-likeness (QED) is 0.528. The molecule has 1 rings (SSSR count). The highest BCUT2D eigenvalue weighted by Gasteiger charge is 1.93. The van der Waals surface area contributed by atoms with Gasteiger partial charge in [0, 0.05) is 6.42 Å². The summed E-state index contributed by atoms with van der Waals surface area (Å²) in [5.41, 5.74) is 0. The molecule has 1 N–H and O–H groups in total. The fraction of sp³-hybridized carbons (Fsp3) is 0.600. The van der Waals surface area contributed by atoms with Crippen LogP contribution in [0.15, 0.2) is 24.0 Å². The molecule has 0 aromatic rings. The highest BCUT2D eigenvalue weighted by atomic mass is 16.3. The van der Waals surface area contributed by atoms with Gasteiger partial charge in [0.15, 0.2) is 0 Å². The maximum absolute atomic E-state index is 9.27. The van der Waals surface area contributed by atoms with Gasteiger partial charge in [0.1, 0.15) is 0 Å². The van der Waals surface area contributed by atoms with E-state index in [2.05, 4.69) is 12.2 Å². The molecule has 0 spiro atoms. The predicted molar refractivity (Wildman–Crippen MR) is 47.6 cm³/mol. The molecule has 1 aliphatic rings. The van der Waals surface area contributed by atoms with Crippen LogP contribution in [0.1, 0.15) is 38.5 Å². The minimum atomic E-state index is 0.584. The molecule has 1 heteroatoms. The van der Waals surface area contributed by atoms with Crippen molar-refractivity contribution in [3.8, 4) is 0 Å². The van der Waals surface area contributed by atoms with E-state index in [1.54, 1.807) is 0 Å². The van der Waals surface area contributed by atoms with Crippen LogP contribution in [0.2, 0.25) is 0 Å². The summed E-state index contributed by atoms with van der Waals surface area (Å²) in [6.07, 6.45) is 12.8. The van der Waals surface area contributed by atoms with Crippen molar-refractivity contribution in [1.29, 1.82) is 0 Å². The second-order valence-electron chi connectivity index (χ2n) is 2.99. The largest absolute Gasteiger partial charge is 0.513 e. The predicted octanol–water partition coefficient (Wildman–Crippen LogP) is 3.34. The maximum atomic E-state index is 9.27. The van der Waals surface area contributed by atoms with Crippen molar-refractivity contribution in [3.05, 3.63) is 24.0 Å². The van der Waals surface area contributed by atoms with Crippen molar-refractivity contribution in [1.82, 2.24) is 0 Å². The Hall–Kier alpha value is -0.720. The van der Waals surface area contributed by atoms with Crippen LogP contribution in [0, 0.1) is 0 Å². The average molecular weight is 152 g/mol. The monoisotopic (exact) mass is 152 g/mol. The van der Waals surface area contributed by atoms with Crippen LogP contribution in [-0.4, -0.2) is 5.11 Å². The van der Waals surface area contributed by atoms with Crippen molar-refractivity contribution < 1.29 is 5.11 Å². The molecule has 1 aliphatic carbocycles. The first kappa shape index (κ1) is 8.38. The number of hydrogen-bond acceptors (Lipinski definition) is 1. The Bertz CT molecular complexity index is 156. The van der Waals surface area contributed by atoms with Crippen LogP contribution in [0.3, 0.4) is 0 Å². The second kappa shape index (κ2) is 5.00. The molecule has 11 heavy (non-hydrogen) atoms. The van der Waals surface area contributed by atoms with Crippen molar-refractivity contribution in [2.24, 2.45) is 0 Å². The van der Waals surface area contributed by atoms with E-state index < -0.39 is 0 Å². The van der Waals surface area contributed by atoms with E-state index in [1.807, 2.05) is 6.08 Å². The van der Waals surface area contributed by atoms with Gasteiger partial charge in [-0.15, -0.1) is 0 Å². The third kappa shape index (κ3) is 3.87. The molecule has 0 bridgehead atoms. The van der Waals surface area contributed by atoms with Crippen LogP contribution in [0.5, 0.6) is 0 Å². The zero-order valence-corrected chi connectivity index (χ0v) is 6.92. The summed E-state index contributed by atoms with van der Waals surface area (Å²) in [6, 6.07) is 0. The first-order valence-electron chi connectivity index (χ1n) is 4.42. The van der Waals surface area contributed by atoms with Gasteiger partial charge in [-0.2, -0.15) is 0 Å². The van der Waals surface area contributed by atoms with Gasteiger partial charge in [-0.1, -0.05) is 12.2 Å². The molecule has 0 saturated carbocycles. The SMILES string of the molecule is O/C1=C/CCC/C=C/CCC1. The third-order valence-corrected chi connectivity index (χ3v) is 1.93. The first-order valence-corrected chi connectivity index (χ1v) is 4.42. The fourth-order valence-electron chi connectivity index (χ4n) is 1.24. The van der Waals surface area contributed by atoms with Gasteiger partial charge in [-0.05, 0) is 38.2 Å². The van der Waals surface area contributed by atoms with Crippen molar-refractivity contribution >= 4 is 0 Å². The molecule has 0 saturated heterocycles. The Balaban J connectivity index is 2.34. The number of allylic oxidation sites excluding steroid dienone is 4. The molecule has 0 fully saturated rings. The zero-order chi connectivity index (χ0) is 7.94. The smallest absolute Gasteiger partial charge is 0.0882 e. The molecule has 0 unspecified atom stereocenters. The number of aliphatic hydroxyl groups is 1. The summed E-state index contributed by atoms with van der Waals surface area (Å²) >= 11 is 0. The van der Waals surface area contributed by atoms with Crippen LogP contribution >= 0.6 is 0 Å². The van der Waals surface area contributed by atoms with E-state index >= 15 is 0 Å². The van der Waals surface area contributed by atoms with Gasteiger partial charge in [-0.25, -0.2) is 0 Å². The van der Waals surface area contributed by atoms with Gasteiger partial charge in [0.2, 0.25) is 0 Å². The van der Waals surface area contributed by atoms with Crippen molar-refractivity contribution in [2.45, 2.75) is 38.5 Å². The Labute approximate surface area is 68.4 Å². The topological polar surface area (TPSA) is 20.2 Å². The number of aliphatic hydroxyl groups excluding tert-OH is 1. The summed E-state index contributed by atoms with van der Waals surface area (Å²) in [5, 5.41) is 9.27. The van der Waals surface area contributed by atoms with Gasteiger partial charge >= 0.3 is 0 Å². The normalized spacial score (nSPS) is 28.5. The molecule has 0 amide bonds. The Morgan fingerprint density at radius 2 is 1.73 bits per heavy atom. The lowest BCUT2D eigenvalue weighted by Gasteiger charge is -2.00. The number of rotatable bonds is 0. The highest BCUT2D eigenvalue weighted by molar-refractivity contribution is 4.94. The molecule has 0 heterocycles. The Kier molecular flexibility index (Phi) is 3.81. The first-order chi connectivity index (χ1) is 5.39. The minimum Gasteiger partial charge on any atom is -0.513 e. The lowest BCUT2D eigenvalue weighted by molar-refractivity contribution is 0.380. The van der Waals surface area contributed by atoms with E-state index in [4.69, 9.17) is 0 Å². The molecule has 0 aromatic carbocycles. The van der Waals surface area contributed by atoms with E-state index in [1.165, 1.54) is 6.42 Å². The van der Waals surface area contributed by atoms with Gasteiger partial charge < -0.3 is 5.11 Å². The number of hydrogen-bond donors (Lipinski definition) is 1. The van der Waals surface area contributed by atoms with E-state index in [9.17, 15) is 5.11 Å². The molecule has 0 aliphatic heterocycles. The van der Waals surface area contributed by atoms with Crippen LogP contribution in [0.25, 0.3) is 0 Å². The molecule has 1 nitrogen and oxygen atoms in total. The summed E-state index contributed by atoms with van der Waals surface area (Å²) < 4.78 is 0. The second-order valence-corrected chi connectivity index (χ2v) is 2.99. The highest BCUT2D eigenvalue weighted by Crippen LogP contribution is 2.10. The van der Waals surface area contributed by atoms with E-state index in [0.29, 0.717) is 5.76 Å². The maximum Gasteiger partial charge on any atom is 0.0882 e. The zero-order valence-electron chi connectivity index (χ0n) is 6.92. The Morgan fingerprint density at radius 3 is 2.55 bits per heavy atom. The summed E-state index contributed by atoms with van der Waals surface area (Å²) in [5.74, 6) is 0.584. The van der Waals surface area contributed by atoms with Crippen molar-refractivity contribution in [3.63, 3.8) is 0 Å². The minimum absolute atomic E-state index is 0.584. The summed E-state index contributed by atoms with van der Waals surface area (Å²) in [4.78, 5) is 0. The molecule has 62 valence electrons. The van der Waals surface area contributed by atoms with E-state index in [0.717, 1.165) is 32.1 Å². The lowest BCUT2D eigenvalue weighted by Crippen LogP contribution is -1.84. The Morgan fingerprint density at radius 1 is 1.00 bits per heavy atom. The van der Waals surface area contributed by atoms with E-state index in [-0.39, 0.29) is 0 Å². The van der Waals surface area contributed by atoms with Gasteiger partial charge in [0.25, 0.3) is 0 Å². The van der Waals surface area contributed by atoms with Crippen LogP contribution in [0.4, 0.5) is 0 Å². The molecule has 0 atom stereocenters. The van der Waals surface area contributed by atoms with Gasteiger partial charge in [-0.3, -0.25) is 0 Å².